The van der Waals surface area contributed by atoms with Gasteiger partial charge in [0.2, 0.25) is 0 Å². The topological polar surface area (TPSA) is 54.0 Å². The van der Waals surface area contributed by atoms with Gasteiger partial charge >= 0.3 is 0 Å². The van der Waals surface area contributed by atoms with Gasteiger partial charge in [-0.2, -0.15) is 10.2 Å². The van der Waals surface area contributed by atoms with Crippen molar-refractivity contribution in [1.29, 1.82) is 0 Å². The molecule has 0 saturated carbocycles. The molecular formula is C16H18N4. The molecule has 2 aromatic carbocycles. The van der Waals surface area contributed by atoms with Gasteiger partial charge in [0.05, 0.1) is 12.4 Å². The number of hydrogen-bond donors (Lipinski definition) is 1. The number of anilines is 2. The molecule has 0 heterocycles. The van der Waals surface area contributed by atoms with Crippen molar-refractivity contribution in [3.05, 3.63) is 59.7 Å². The predicted octanol–water partition coefficient (Wildman–Crippen LogP) is 2.79. The van der Waals surface area contributed by atoms with E-state index in [9.17, 15) is 0 Å². The largest absolute Gasteiger partial charge is 0.398 e. The van der Waals surface area contributed by atoms with Crippen molar-refractivity contribution >= 4 is 23.8 Å². The minimum atomic E-state index is 0.696. The van der Waals surface area contributed by atoms with E-state index in [-0.39, 0.29) is 0 Å². The van der Waals surface area contributed by atoms with Crippen LogP contribution in [-0.4, -0.2) is 26.5 Å². The standard InChI is InChI=1S/C16H18N4/c1-20(2)15-9-7-13(8-10-15)11-18-19-12-14-5-3-4-6-16(14)17/h3-12H,17H2,1-2H3/b18-11+,19-12+. The fourth-order valence-electron chi connectivity index (χ4n) is 1.68. The van der Waals surface area contributed by atoms with Gasteiger partial charge in [-0.25, -0.2) is 0 Å². The number of para-hydroxylation sites is 1. The van der Waals surface area contributed by atoms with E-state index in [0.29, 0.717) is 5.69 Å². The number of benzene rings is 2. The number of nitrogen functional groups attached to an aromatic ring is 1. The molecule has 0 radical (unpaired) electrons. The maximum atomic E-state index is 5.81. The lowest BCUT2D eigenvalue weighted by molar-refractivity contribution is 1.13. The molecule has 2 rings (SSSR count). The fraction of sp³-hybridized carbons (Fsp3) is 0.125. The lowest BCUT2D eigenvalue weighted by Gasteiger charge is -2.11. The quantitative estimate of drug-likeness (QED) is 0.525. The van der Waals surface area contributed by atoms with Gasteiger partial charge in [-0.3, -0.25) is 0 Å². The van der Waals surface area contributed by atoms with E-state index in [0.717, 1.165) is 16.8 Å². The molecule has 4 heteroatoms. The van der Waals surface area contributed by atoms with Crippen molar-refractivity contribution in [3.8, 4) is 0 Å². The maximum Gasteiger partial charge on any atom is 0.0588 e. The van der Waals surface area contributed by atoms with Crippen LogP contribution in [0.1, 0.15) is 11.1 Å². The van der Waals surface area contributed by atoms with Crippen LogP contribution in [0, 0.1) is 0 Å². The zero-order chi connectivity index (χ0) is 14.4. The van der Waals surface area contributed by atoms with Crippen molar-refractivity contribution < 1.29 is 0 Å². The lowest BCUT2D eigenvalue weighted by atomic mass is 10.2. The zero-order valence-electron chi connectivity index (χ0n) is 11.7. The molecule has 102 valence electrons. The Bertz CT molecular complexity index is 613. The van der Waals surface area contributed by atoms with E-state index in [2.05, 4.69) is 15.1 Å². The predicted molar refractivity (Wildman–Crippen MR) is 86.8 cm³/mol. The van der Waals surface area contributed by atoms with Gasteiger partial charge in [0.1, 0.15) is 0 Å². The molecule has 0 spiro atoms. The summed E-state index contributed by atoms with van der Waals surface area (Å²) < 4.78 is 0. The summed E-state index contributed by atoms with van der Waals surface area (Å²) in [6.07, 6.45) is 3.37. The third kappa shape index (κ3) is 3.68. The summed E-state index contributed by atoms with van der Waals surface area (Å²) in [5.41, 5.74) is 9.54. The van der Waals surface area contributed by atoms with E-state index in [1.807, 2.05) is 62.6 Å². The van der Waals surface area contributed by atoms with E-state index in [4.69, 9.17) is 5.73 Å². The summed E-state index contributed by atoms with van der Waals surface area (Å²) in [4.78, 5) is 2.05. The van der Waals surface area contributed by atoms with Gasteiger partial charge in [0.15, 0.2) is 0 Å². The Kier molecular flexibility index (Phi) is 4.50. The number of nitrogens with two attached hydrogens (primary N) is 1. The second-order valence-corrected chi connectivity index (χ2v) is 4.60. The first-order chi connectivity index (χ1) is 9.66. The second kappa shape index (κ2) is 6.52. The smallest absolute Gasteiger partial charge is 0.0588 e. The minimum Gasteiger partial charge on any atom is -0.398 e. The first-order valence-electron chi connectivity index (χ1n) is 6.35. The Labute approximate surface area is 119 Å². The van der Waals surface area contributed by atoms with Gasteiger partial charge in [0, 0.05) is 31.0 Å². The molecule has 0 unspecified atom stereocenters. The third-order valence-corrected chi connectivity index (χ3v) is 2.88. The van der Waals surface area contributed by atoms with E-state index in [1.54, 1.807) is 12.4 Å². The summed E-state index contributed by atoms with van der Waals surface area (Å²) in [7, 11) is 4.02. The zero-order valence-corrected chi connectivity index (χ0v) is 11.7. The van der Waals surface area contributed by atoms with Crippen LogP contribution in [0.5, 0.6) is 0 Å². The Morgan fingerprint density at radius 1 is 0.900 bits per heavy atom. The number of nitrogens with zero attached hydrogens (tertiary/aromatic N) is 3. The fourth-order valence-corrected chi connectivity index (χ4v) is 1.68. The van der Waals surface area contributed by atoms with Gasteiger partial charge in [-0.15, -0.1) is 0 Å². The SMILES string of the molecule is CN(C)c1ccc(/C=N/N=C/c2ccccc2N)cc1. The van der Waals surface area contributed by atoms with E-state index < -0.39 is 0 Å². The highest BCUT2D eigenvalue weighted by Crippen LogP contribution is 2.11. The molecule has 0 amide bonds. The Morgan fingerprint density at radius 2 is 1.55 bits per heavy atom. The van der Waals surface area contributed by atoms with Gasteiger partial charge < -0.3 is 10.6 Å². The molecule has 2 aromatic rings. The van der Waals surface area contributed by atoms with Crippen LogP contribution >= 0.6 is 0 Å². The van der Waals surface area contributed by atoms with Gasteiger partial charge in [-0.1, -0.05) is 30.3 Å². The molecule has 0 aromatic heterocycles. The highest BCUT2D eigenvalue weighted by molar-refractivity contribution is 5.87. The Hall–Kier alpha value is -2.62. The number of hydrogen-bond acceptors (Lipinski definition) is 4. The molecule has 4 nitrogen and oxygen atoms in total. The molecule has 0 atom stereocenters. The molecule has 0 saturated heterocycles. The summed E-state index contributed by atoms with van der Waals surface area (Å²) in [6.45, 7) is 0. The van der Waals surface area contributed by atoms with E-state index >= 15 is 0 Å². The first kappa shape index (κ1) is 13.8. The van der Waals surface area contributed by atoms with Crippen LogP contribution in [0.15, 0.2) is 58.7 Å². The Balaban J connectivity index is 2.01. The van der Waals surface area contributed by atoms with Crippen molar-refractivity contribution in [1.82, 2.24) is 0 Å². The third-order valence-electron chi connectivity index (χ3n) is 2.88. The molecule has 20 heavy (non-hydrogen) atoms. The van der Waals surface area contributed by atoms with Crippen LogP contribution in [-0.2, 0) is 0 Å². The first-order valence-corrected chi connectivity index (χ1v) is 6.35. The molecule has 0 aliphatic carbocycles. The van der Waals surface area contributed by atoms with Crippen LogP contribution < -0.4 is 10.6 Å². The molecule has 0 bridgehead atoms. The van der Waals surface area contributed by atoms with Crippen molar-refractivity contribution in [2.75, 3.05) is 24.7 Å². The lowest BCUT2D eigenvalue weighted by Crippen LogP contribution is -2.08. The van der Waals surface area contributed by atoms with E-state index in [1.165, 1.54) is 0 Å². The monoisotopic (exact) mass is 266 g/mol. The summed E-state index contributed by atoms with van der Waals surface area (Å²) in [5.74, 6) is 0. The van der Waals surface area contributed by atoms with Crippen LogP contribution in [0.25, 0.3) is 0 Å². The molecule has 0 aliphatic rings. The van der Waals surface area contributed by atoms with Crippen molar-refractivity contribution in [2.24, 2.45) is 10.2 Å². The number of rotatable bonds is 4. The van der Waals surface area contributed by atoms with Gasteiger partial charge in [-0.05, 0) is 23.8 Å². The molecule has 0 aliphatic heterocycles. The highest BCUT2D eigenvalue weighted by atomic mass is 15.2. The summed E-state index contributed by atoms with van der Waals surface area (Å²) >= 11 is 0. The molecular weight excluding hydrogens is 248 g/mol. The molecule has 2 N–H and O–H groups in total. The average Bonchev–Trinajstić information content (AvgIpc) is 2.46. The van der Waals surface area contributed by atoms with Crippen LogP contribution in [0.2, 0.25) is 0 Å². The Morgan fingerprint density at radius 3 is 2.20 bits per heavy atom. The van der Waals surface area contributed by atoms with Crippen molar-refractivity contribution in [3.63, 3.8) is 0 Å². The summed E-state index contributed by atoms with van der Waals surface area (Å²) in [5, 5.41) is 8.04. The average molecular weight is 266 g/mol. The van der Waals surface area contributed by atoms with Crippen LogP contribution in [0.3, 0.4) is 0 Å². The highest BCUT2D eigenvalue weighted by Gasteiger charge is 1.94. The maximum absolute atomic E-state index is 5.81. The minimum absolute atomic E-state index is 0.696. The molecule has 0 fully saturated rings. The van der Waals surface area contributed by atoms with Crippen molar-refractivity contribution in [2.45, 2.75) is 0 Å². The normalized spacial score (nSPS) is 11.3. The van der Waals surface area contributed by atoms with Gasteiger partial charge in [0.25, 0.3) is 0 Å². The summed E-state index contributed by atoms with van der Waals surface area (Å²) in [6, 6.07) is 15.6. The van der Waals surface area contributed by atoms with Crippen LogP contribution in [0.4, 0.5) is 11.4 Å². The second-order valence-electron chi connectivity index (χ2n) is 4.60.